The fraction of sp³-hybridized carbons (Fsp3) is 0.529. The largest absolute Gasteiger partial charge is 0.493 e. The molecule has 2 atom stereocenters. The van der Waals surface area contributed by atoms with Crippen LogP contribution in [0.15, 0.2) is 18.2 Å². The van der Waals surface area contributed by atoms with Gasteiger partial charge >= 0.3 is 0 Å². The van der Waals surface area contributed by atoms with E-state index < -0.39 is 6.04 Å². The Hall–Kier alpha value is -2.24. The highest BCUT2D eigenvalue weighted by molar-refractivity contribution is 5.98. The Morgan fingerprint density at radius 3 is 2.65 bits per heavy atom. The molecule has 1 aromatic rings. The number of nitrogens with zero attached hydrogens (tertiary/aromatic N) is 2. The number of hydrogen-bond acceptors (Lipinski definition) is 4. The molecule has 0 radical (unpaired) electrons. The van der Waals surface area contributed by atoms with Gasteiger partial charge in [0.05, 0.1) is 14.2 Å². The molecule has 0 aliphatic carbocycles. The molecule has 3 rings (SSSR count). The molecule has 0 bridgehead atoms. The quantitative estimate of drug-likeness (QED) is 0.848. The van der Waals surface area contributed by atoms with E-state index in [2.05, 4.69) is 0 Å². The molecular weight excluding hydrogens is 296 g/mol. The number of methoxy groups -OCH3 is 2. The number of fused-ring (bicyclic) bond motifs is 1. The average Bonchev–Trinajstić information content (AvgIpc) is 3.05. The third-order valence-corrected chi connectivity index (χ3v) is 4.78. The molecule has 0 aromatic heterocycles. The highest BCUT2D eigenvalue weighted by Gasteiger charge is 2.42. The molecule has 6 nitrogen and oxygen atoms in total. The lowest BCUT2D eigenvalue weighted by atomic mass is 10.0. The van der Waals surface area contributed by atoms with E-state index >= 15 is 0 Å². The van der Waals surface area contributed by atoms with E-state index in [0.29, 0.717) is 23.6 Å². The van der Waals surface area contributed by atoms with Crippen molar-refractivity contribution in [3.05, 3.63) is 23.8 Å². The summed E-state index contributed by atoms with van der Waals surface area (Å²) in [6, 6.07) is 4.82. The molecule has 2 saturated heterocycles. The van der Waals surface area contributed by atoms with Gasteiger partial charge in [0.1, 0.15) is 6.04 Å². The number of hydrogen-bond donors (Lipinski definition) is 0. The van der Waals surface area contributed by atoms with E-state index in [4.69, 9.17) is 9.47 Å². The molecule has 2 aliphatic heterocycles. The standard InChI is InChI=1S/C17H22N2O4/c1-11-16(20)18-8-4-5-13(18)10-19(11)17(21)12-6-7-14(22-2)15(9-12)23-3/h6-7,9,11,13H,4-5,8,10H2,1-3H3/t11-,13-/m1/s1. The van der Waals surface area contributed by atoms with Crippen LogP contribution >= 0.6 is 0 Å². The Kier molecular flexibility index (Phi) is 4.15. The number of amides is 2. The Bertz CT molecular complexity index is 631. The van der Waals surface area contributed by atoms with E-state index in [1.54, 1.807) is 37.1 Å². The molecule has 0 unspecified atom stereocenters. The van der Waals surface area contributed by atoms with Gasteiger partial charge in [-0.05, 0) is 38.0 Å². The minimum atomic E-state index is -0.426. The molecule has 2 amide bonds. The lowest BCUT2D eigenvalue weighted by Crippen LogP contribution is -2.60. The van der Waals surface area contributed by atoms with Gasteiger partial charge in [0.2, 0.25) is 5.91 Å². The minimum absolute atomic E-state index is 0.0487. The predicted molar refractivity (Wildman–Crippen MR) is 84.8 cm³/mol. The van der Waals surface area contributed by atoms with Crippen LogP contribution in [0.3, 0.4) is 0 Å². The molecule has 2 heterocycles. The Labute approximate surface area is 136 Å². The molecule has 6 heteroatoms. The van der Waals surface area contributed by atoms with Gasteiger partial charge in [-0.15, -0.1) is 0 Å². The van der Waals surface area contributed by atoms with E-state index in [1.165, 1.54) is 7.11 Å². The van der Waals surface area contributed by atoms with Crippen molar-refractivity contribution in [1.29, 1.82) is 0 Å². The Balaban J connectivity index is 1.86. The van der Waals surface area contributed by atoms with Crippen LogP contribution in [0.4, 0.5) is 0 Å². The van der Waals surface area contributed by atoms with Crippen molar-refractivity contribution in [2.75, 3.05) is 27.3 Å². The summed E-state index contributed by atoms with van der Waals surface area (Å²) in [5.41, 5.74) is 0.508. The lowest BCUT2D eigenvalue weighted by molar-refractivity contribution is -0.141. The molecule has 2 aliphatic rings. The number of piperazine rings is 1. The van der Waals surface area contributed by atoms with Crippen molar-refractivity contribution >= 4 is 11.8 Å². The van der Waals surface area contributed by atoms with Gasteiger partial charge in [-0.3, -0.25) is 9.59 Å². The number of carbonyl (C=O) groups excluding carboxylic acids is 2. The topological polar surface area (TPSA) is 59.1 Å². The molecule has 1 aromatic carbocycles. The third kappa shape index (κ3) is 2.62. The highest BCUT2D eigenvalue weighted by Crippen LogP contribution is 2.30. The summed E-state index contributed by atoms with van der Waals surface area (Å²) in [5.74, 6) is 0.997. The summed E-state index contributed by atoms with van der Waals surface area (Å²) in [6.45, 7) is 3.21. The first-order valence-electron chi connectivity index (χ1n) is 7.90. The number of benzene rings is 1. The van der Waals surface area contributed by atoms with Gasteiger partial charge in [-0.1, -0.05) is 0 Å². The fourth-order valence-corrected chi connectivity index (χ4v) is 3.47. The van der Waals surface area contributed by atoms with Crippen LogP contribution in [-0.4, -0.2) is 61.0 Å². The van der Waals surface area contributed by atoms with Crippen molar-refractivity contribution in [3.8, 4) is 11.5 Å². The van der Waals surface area contributed by atoms with Crippen molar-refractivity contribution < 1.29 is 19.1 Å². The Morgan fingerprint density at radius 1 is 1.22 bits per heavy atom. The summed E-state index contributed by atoms with van der Waals surface area (Å²) < 4.78 is 10.5. The first kappa shape index (κ1) is 15.6. The van der Waals surface area contributed by atoms with Crippen LogP contribution in [0.5, 0.6) is 11.5 Å². The van der Waals surface area contributed by atoms with Gasteiger partial charge in [0.25, 0.3) is 5.91 Å². The zero-order chi connectivity index (χ0) is 16.6. The highest BCUT2D eigenvalue weighted by atomic mass is 16.5. The second-order valence-corrected chi connectivity index (χ2v) is 6.03. The van der Waals surface area contributed by atoms with Gasteiger partial charge < -0.3 is 19.3 Å². The van der Waals surface area contributed by atoms with Gasteiger partial charge in [0, 0.05) is 24.7 Å². The van der Waals surface area contributed by atoms with E-state index in [9.17, 15) is 9.59 Å². The summed E-state index contributed by atoms with van der Waals surface area (Å²) in [5, 5.41) is 0. The second-order valence-electron chi connectivity index (χ2n) is 6.03. The van der Waals surface area contributed by atoms with Crippen molar-refractivity contribution in [2.45, 2.75) is 31.8 Å². The van der Waals surface area contributed by atoms with Gasteiger partial charge in [0.15, 0.2) is 11.5 Å². The minimum Gasteiger partial charge on any atom is -0.493 e. The van der Waals surface area contributed by atoms with E-state index in [1.807, 2.05) is 4.90 Å². The van der Waals surface area contributed by atoms with Crippen molar-refractivity contribution in [2.24, 2.45) is 0 Å². The van der Waals surface area contributed by atoms with Crippen LogP contribution in [0.2, 0.25) is 0 Å². The Morgan fingerprint density at radius 2 is 1.96 bits per heavy atom. The van der Waals surface area contributed by atoms with Crippen LogP contribution in [-0.2, 0) is 4.79 Å². The molecule has 23 heavy (non-hydrogen) atoms. The molecule has 2 fully saturated rings. The summed E-state index contributed by atoms with van der Waals surface area (Å²) >= 11 is 0. The van der Waals surface area contributed by atoms with Crippen LogP contribution in [0, 0.1) is 0 Å². The summed E-state index contributed by atoms with van der Waals surface area (Å²) in [4.78, 5) is 28.9. The maximum Gasteiger partial charge on any atom is 0.254 e. The molecule has 0 saturated carbocycles. The maximum atomic E-state index is 12.9. The monoisotopic (exact) mass is 318 g/mol. The third-order valence-electron chi connectivity index (χ3n) is 4.78. The first-order valence-corrected chi connectivity index (χ1v) is 7.90. The summed E-state index contributed by atoms with van der Waals surface area (Å²) in [7, 11) is 3.09. The normalized spacial score (nSPS) is 23.7. The molecule has 0 spiro atoms. The van der Waals surface area contributed by atoms with E-state index in [-0.39, 0.29) is 17.9 Å². The summed E-state index contributed by atoms with van der Waals surface area (Å²) in [6.07, 6.45) is 1.98. The van der Waals surface area contributed by atoms with Crippen molar-refractivity contribution in [3.63, 3.8) is 0 Å². The zero-order valence-corrected chi connectivity index (χ0v) is 13.7. The van der Waals surface area contributed by atoms with Crippen LogP contribution in [0.25, 0.3) is 0 Å². The SMILES string of the molecule is COc1ccc(C(=O)N2C[C@H]3CCCN3C(=O)[C@H]2C)cc1OC. The van der Waals surface area contributed by atoms with Crippen molar-refractivity contribution in [1.82, 2.24) is 9.80 Å². The fourth-order valence-electron chi connectivity index (χ4n) is 3.47. The molecule has 124 valence electrons. The smallest absolute Gasteiger partial charge is 0.254 e. The van der Waals surface area contributed by atoms with Crippen LogP contribution in [0.1, 0.15) is 30.1 Å². The molecular formula is C17H22N2O4. The van der Waals surface area contributed by atoms with Crippen LogP contribution < -0.4 is 9.47 Å². The first-order chi connectivity index (χ1) is 11.1. The predicted octanol–water partition coefficient (Wildman–Crippen LogP) is 1.54. The lowest BCUT2D eigenvalue weighted by Gasteiger charge is -2.41. The number of ether oxygens (including phenoxy) is 2. The van der Waals surface area contributed by atoms with Gasteiger partial charge in [-0.25, -0.2) is 0 Å². The average molecular weight is 318 g/mol. The number of carbonyl (C=O) groups is 2. The maximum absolute atomic E-state index is 12.9. The second kappa shape index (κ2) is 6.10. The molecule has 0 N–H and O–H groups in total. The number of rotatable bonds is 3. The zero-order valence-electron chi connectivity index (χ0n) is 13.7. The van der Waals surface area contributed by atoms with E-state index in [0.717, 1.165) is 19.4 Å². The van der Waals surface area contributed by atoms with Gasteiger partial charge in [-0.2, -0.15) is 0 Å².